The Hall–Kier alpha value is -1.10. The highest BCUT2D eigenvalue weighted by Gasteiger charge is 2.06. The third-order valence-corrected chi connectivity index (χ3v) is 2.94. The van der Waals surface area contributed by atoms with Crippen molar-refractivity contribution >= 4 is 5.69 Å². The molecular formula is C15H26N2O2. The molecule has 0 fully saturated rings. The number of rotatable bonds is 10. The lowest BCUT2D eigenvalue weighted by Gasteiger charge is -2.25. The molecule has 0 bridgehead atoms. The molecule has 108 valence electrons. The molecule has 1 aromatic rings. The first kappa shape index (κ1) is 16.0. The molecule has 0 atom stereocenters. The molecule has 0 amide bonds. The normalized spacial score (nSPS) is 10.7. The van der Waals surface area contributed by atoms with Gasteiger partial charge in [0.1, 0.15) is 0 Å². The number of anilines is 1. The molecule has 0 spiro atoms. The van der Waals surface area contributed by atoms with E-state index in [2.05, 4.69) is 36.1 Å². The molecule has 1 aromatic carbocycles. The Morgan fingerprint density at radius 2 is 2.00 bits per heavy atom. The summed E-state index contributed by atoms with van der Waals surface area (Å²) in [6.07, 6.45) is 0.992. The van der Waals surface area contributed by atoms with E-state index < -0.39 is 0 Å². The first-order chi connectivity index (χ1) is 9.27. The first-order valence-electron chi connectivity index (χ1n) is 6.86. The minimum Gasteiger partial charge on any atom is -0.382 e. The minimum atomic E-state index is 0.646. The second-order valence-corrected chi connectivity index (χ2v) is 4.57. The van der Waals surface area contributed by atoms with Gasteiger partial charge in [-0.3, -0.25) is 0 Å². The van der Waals surface area contributed by atoms with Crippen LogP contribution in [0.5, 0.6) is 0 Å². The zero-order chi connectivity index (χ0) is 13.9. The van der Waals surface area contributed by atoms with Crippen LogP contribution < -0.4 is 10.6 Å². The second-order valence-electron chi connectivity index (χ2n) is 4.57. The van der Waals surface area contributed by atoms with Crippen molar-refractivity contribution in [1.82, 2.24) is 0 Å². The quantitative estimate of drug-likeness (QED) is 0.656. The van der Waals surface area contributed by atoms with Gasteiger partial charge in [0.15, 0.2) is 0 Å². The summed E-state index contributed by atoms with van der Waals surface area (Å²) in [5, 5.41) is 0. The summed E-state index contributed by atoms with van der Waals surface area (Å²) in [7, 11) is 1.68. The number of nitrogens with zero attached hydrogens (tertiary/aromatic N) is 1. The maximum atomic E-state index is 5.60. The predicted octanol–water partition coefficient (Wildman–Crippen LogP) is 1.81. The van der Waals surface area contributed by atoms with Gasteiger partial charge in [-0.1, -0.05) is 12.1 Å². The predicted molar refractivity (Wildman–Crippen MR) is 79.8 cm³/mol. The van der Waals surface area contributed by atoms with Gasteiger partial charge in [0.05, 0.1) is 19.8 Å². The molecule has 0 saturated heterocycles. The fourth-order valence-corrected chi connectivity index (χ4v) is 1.90. The molecule has 0 aliphatic carbocycles. The summed E-state index contributed by atoms with van der Waals surface area (Å²) >= 11 is 0. The van der Waals surface area contributed by atoms with Gasteiger partial charge in [-0.2, -0.15) is 0 Å². The number of methoxy groups -OCH3 is 1. The maximum Gasteiger partial charge on any atom is 0.0701 e. The maximum absolute atomic E-state index is 5.60. The molecule has 0 aliphatic heterocycles. The Labute approximate surface area is 116 Å². The topological polar surface area (TPSA) is 47.7 Å². The highest BCUT2D eigenvalue weighted by Crippen LogP contribution is 2.15. The lowest BCUT2D eigenvalue weighted by atomic mass is 10.2. The number of ether oxygens (including phenoxy) is 2. The third-order valence-electron chi connectivity index (χ3n) is 2.94. The van der Waals surface area contributed by atoms with E-state index in [1.165, 1.54) is 11.3 Å². The van der Waals surface area contributed by atoms with Crippen LogP contribution in [0.15, 0.2) is 24.3 Å². The molecule has 4 heteroatoms. The number of hydrogen-bond donors (Lipinski definition) is 1. The molecule has 19 heavy (non-hydrogen) atoms. The SMILES string of the molecule is COCCOCCN(CCCN)c1cccc(C)c1. The fraction of sp³-hybridized carbons (Fsp3) is 0.600. The molecule has 0 heterocycles. The van der Waals surface area contributed by atoms with E-state index >= 15 is 0 Å². The van der Waals surface area contributed by atoms with Crippen molar-refractivity contribution in [1.29, 1.82) is 0 Å². The van der Waals surface area contributed by atoms with Gasteiger partial charge >= 0.3 is 0 Å². The third kappa shape index (κ3) is 6.57. The fourth-order valence-electron chi connectivity index (χ4n) is 1.90. The van der Waals surface area contributed by atoms with Crippen molar-refractivity contribution < 1.29 is 9.47 Å². The van der Waals surface area contributed by atoms with Crippen molar-refractivity contribution in [2.24, 2.45) is 5.73 Å². The van der Waals surface area contributed by atoms with E-state index in [1.54, 1.807) is 7.11 Å². The highest BCUT2D eigenvalue weighted by molar-refractivity contribution is 5.48. The molecule has 4 nitrogen and oxygen atoms in total. The Kier molecular flexibility index (Phi) is 8.21. The number of hydrogen-bond acceptors (Lipinski definition) is 4. The lowest BCUT2D eigenvalue weighted by molar-refractivity contribution is 0.0740. The Bertz CT molecular complexity index is 345. The van der Waals surface area contributed by atoms with Crippen LogP contribution in [-0.2, 0) is 9.47 Å². The number of nitrogens with two attached hydrogens (primary N) is 1. The van der Waals surface area contributed by atoms with Crippen molar-refractivity contribution in [3.8, 4) is 0 Å². The average Bonchev–Trinajstić information content (AvgIpc) is 2.42. The van der Waals surface area contributed by atoms with Crippen molar-refractivity contribution in [2.75, 3.05) is 51.5 Å². The number of benzene rings is 1. The van der Waals surface area contributed by atoms with Crippen LogP contribution in [0, 0.1) is 6.92 Å². The van der Waals surface area contributed by atoms with Crippen LogP contribution in [0.4, 0.5) is 5.69 Å². The minimum absolute atomic E-state index is 0.646. The molecule has 0 radical (unpaired) electrons. The van der Waals surface area contributed by atoms with Gasteiger partial charge in [0, 0.05) is 25.9 Å². The smallest absolute Gasteiger partial charge is 0.0701 e. The second kappa shape index (κ2) is 9.78. The molecule has 0 aliphatic rings. The van der Waals surface area contributed by atoms with Gasteiger partial charge in [-0.15, -0.1) is 0 Å². The summed E-state index contributed by atoms with van der Waals surface area (Å²) < 4.78 is 10.5. The van der Waals surface area contributed by atoms with Crippen LogP contribution in [-0.4, -0.2) is 46.6 Å². The molecule has 0 aromatic heterocycles. The molecular weight excluding hydrogens is 240 g/mol. The van der Waals surface area contributed by atoms with Gasteiger partial charge in [-0.05, 0) is 37.6 Å². The monoisotopic (exact) mass is 266 g/mol. The van der Waals surface area contributed by atoms with Gasteiger partial charge in [0.25, 0.3) is 0 Å². The zero-order valence-electron chi connectivity index (χ0n) is 12.1. The van der Waals surface area contributed by atoms with Gasteiger partial charge < -0.3 is 20.1 Å². The Balaban J connectivity index is 2.47. The van der Waals surface area contributed by atoms with Crippen LogP contribution in [0.1, 0.15) is 12.0 Å². The van der Waals surface area contributed by atoms with E-state index in [-0.39, 0.29) is 0 Å². The zero-order valence-corrected chi connectivity index (χ0v) is 12.1. The van der Waals surface area contributed by atoms with Crippen molar-refractivity contribution in [3.63, 3.8) is 0 Å². The Morgan fingerprint density at radius 3 is 2.68 bits per heavy atom. The van der Waals surface area contributed by atoms with Crippen LogP contribution in [0.2, 0.25) is 0 Å². The Morgan fingerprint density at radius 1 is 1.16 bits per heavy atom. The molecule has 0 saturated carbocycles. The van der Waals surface area contributed by atoms with Crippen LogP contribution >= 0.6 is 0 Å². The first-order valence-corrected chi connectivity index (χ1v) is 6.86. The van der Waals surface area contributed by atoms with E-state index in [9.17, 15) is 0 Å². The van der Waals surface area contributed by atoms with Gasteiger partial charge in [-0.25, -0.2) is 0 Å². The van der Waals surface area contributed by atoms with Crippen LogP contribution in [0.25, 0.3) is 0 Å². The van der Waals surface area contributed by atoms with Gasteiger partial charge in [0.2, 0.25) is 0 Å². The average molecular weight is 266 g/mol. The standard InChI is InChI=1S/C15H26N2O2/c1-14-5-3-6-15(13-14)17(8-4-7-16)9-10-19-12-11-18-2/h3,5-6,13H,4,7-12,16H2,1-2H3. The lowest BCUT2D eigenvalue weighted by Crippen LogP contribution is -2.30. The molecule has 0 unspecified atom stereocenters. The van der Waals surface area contributed by atoms with Crippen molar-refractivity contribution in [2.45, 2.75) is 13.3 Å². The summed E-state index contributed by atoms with van der Waals surface area (Å²) in [4.78, 5) is 2.33. The molecule has 2 N–H and O–H groups in total. The highest BCUT2D eigenvalue weighted by atomic mass is 16.5. The summed E-state index contributed by atoms with van der Waals surface area (Å²) in [5.41, 5.74) is 8.12. The largest absolute Gasteiger partial charge is 0.382 e. The van der Waals surface area contributed by atoms with E-state index in [4.69, 9.17) is 15.2 Å². The summed E-state index contributed by atoms with van der Waals surface area (Å²) in [6.45, 7) is 6.68. The van der Waals surface area contributed by atoms with E-state index in [0.29, 0.717) is 26.4 Å². The number of aryl methyl sites for hydroxylation is 1. The van der Waals surface area contributed by atoms with Crippen molar-refractivity contribution in [3.05, 3.63) is 29.8 Å². The summed E-state index contributed by atoms with van der Waals surface area (Å²) in [5.74, 6) is 0. The summed E-state index contributed by atoms with van der Waals surface area (Å²) in [6, 6.07) is 8.54. The van der Waals surface area contributed by atoms with E-state index in [0.717, 1.165) is 19.5 Å². The molecule has 1 rings (SSSR count). The van der Waals surface area contributed by atoms with E-state index in [1.807, 2.05) is 0 Å². The van der Waals surface area contributed by atoms with Crippen LogP contribution in [0.3, 0.4) is 0 Å².